The molecule has 35 heavy (non-hydrogen) atoms. The number of hydrogen-bond acceptors (Lipinski definition) is 7. The third-order valence-corrected chi connectivity index (χ3v) is 9.47. The molecule has 192 valence electrons. The zero-order valence-electron chi connectivity index (χ0n) is 20.4. The van der Waals surface area contributed by atoms with E-state index in [1.54, 1.807) is 13.8 Å². The van der Waals surface area contributed by atoms with Gasteiger partial charge in [0.2, 0.25) is 0 Å². The molecule has 8 atom stereocenters. The Morgan fingerprint density at radius 3 is 2.57 bits per heavy atom. The number of carbonyl (C=O) groups is 4. The summed E-state index contributed by atoms with van der Waals surface area (Å²) in [5.74, 6) is -3.85. The molecule has 3 saturated carbocycles. The first kappa shape index (κ1) is 26.0. The van der Waals surface area contributed by atoms with Crippen LogP contribution in [0, 0.1) is 28.6 Å². The molecule has 0 spiro atoms. The van der Waals surface area contributed by atoms with Gasteiger partial charge in [-0.2, -0.15) is 0 Å². The number of carbonyl (C=O) groups excluding carboxylic acids is 4. The van der Waals surface area contributed by atoms with Gasteiger partial charge in [0, 0.05) is 29.2 Å². The fourth-order valence-electron chi connectivity index (χ4n) is 7.67. The van der Waals surface area contributed by atoms with Gasteiger partial charge < -0.3 is 14.6 Å². The first-order valence-electron chi connectivity index (χ1n) is 12.1. The van der Waals surface area contributed by atoms with Gasteiger partial charge in [0.1, 0.15) is 0 Å². The molecule has 1 N–H and O–H groups in total. The fraction of sp³-hybridized carbons (Fsp3) is 0.692. The van der Waals surface area contributed by atoms with Crippen LogP contribution >= 0.6 is 11.6 Å². The molecule has 0 saturated heterocycles. The highest BCUT2D eigenvalue weighted by atomic mass is 35.5. The molecule has 0 unspecified atom stereocenters. The second kappa shape index (κ2) is 8.51. The van der Waals surface area contributed by atoms with Crippen molar-refractivity contribution < 1.29 is 38.1 Å². The summed E-state index contributed by atoms with van der Waals surface area (Å²) >= 11 is 6.00. The Hall–Kier alpha value is -2.06. The maximum absolute atomic E-state index is 17.3. The summed E-state index contributed by atoms with van der Waals surface area (Å²) in [5, 5.41) is 11.4. The Balaban J connectivity index is 1.84. The van der Waals surface area contributed by atoms with Crippen LogP contribution in [-0.2, 0) is 23.9 Å². The van der Waals surface area contributed by atoms with Crippen molar-refractivity contribution in [3.8, 4) is 0 Å². The predicted molar refractivity (Wildman–Crippen MR) is 124 cm³/mol. The van der Waals surface area contributed by atoms with Crippen LogP contribution in [0.25, 0.3) is 0 Å². The minimum absolute atomic E-state index is 0.0555. The number of ether oxygens (including phenoxy) is 2. The number of hydrogen-bond donors (Lipinski definition) is 1. The minimum Gasteiger partial charge on any atom is -0.434 e. The van der Waals surface area contributed by atoms with Gasteiger partial charge in [-0.15, -0.1) is 11.6 Å². The number of halogens is 2. The summed E-state index contributed by atoms with van der Waals surface area (Å²) in [4.78, 5) is 51.2. The minimum atomic E-state index is -2.27. The Morgan fingerprint density at radius 2 is 1.94 bits per heavy atom. The smallest absolute Gasteiger partial charge is 0.434 e. The SMILES string of the molecule is CCCOC(=O)O[C@]1(C(=O)CCl)[C@H](C)C[C@H]2[C@@H]3CC(=O)C4=CC(=O)C=C[C@]4(C)[C@@]3(F)[C@@H](O)C[C@@]21C. The molecule has 4 rings (SSSR count). The summed E-state index contributed by atoms with van der Waals surface area (Å²) in [7, 11) is 0. The molecule has 0 aromatic heterocycles. The first-order chi connectivity index (χ1) is 16.3. The van der Waals surface area contributed by atoms with E-state index < -0.39 is 69.6 Å². The van der Waals surface area contributed by atoms with E-state index in [0.717, 1.165) is 6.08 Å². The highest BCUT2D eigenvalue weighted by molar-refractivity contribution is 6.29. The maximum atomic E-state index is 17.3. The van der Waals surface area contributed by atoms with Crippen molar-refractivity contribution >= 4 is 35.1 Å². The Labute approximate surface area is 209 Å². The van der Waals surface area contributed by atoms with Gasteiger partial charge in [0.05, 0.1) is 24.0 Å². The van der Waals surface area contributed by atoms with E-state index in [9.17, 15) is 24.3 Å². The summed E-state index contributed by atoms with van der Waals surface area (Å²) in [6.45, 7) is 6.90. The molecule has 3 fully saturated rings. The van der Waals surface area contributed by atoms with E-state index in [1.165, 1.54) is 19.1 Å². The van der Waals surface area contributed by atoms with Crippen LogP contribution < -0.4 is 0 Å². The molecule has 0 aromatic rings. The summed E-state index contributed by atoms with van der Waals surface area (Å²) < 4.78 is 28.2. The van der Waals surface area contributed by atoms with Crippen molar-refractivity contribution in [2.45, 2.75) is 70.8 Å². The van der Waals surface area contributed by atoms with Gasteiger partial charge in [-0.05, 0) is 44.3 Å². The number of aliphatic hydroxyl groups excluding tert-OH is 1. The zero-order chi connectivity index (χ0) is 26.0. The number of allylic oxidation sites excluding steroid dienone is 4. The van der Waals surface area contributed by atoms with E-state index in [-0.39, 0.29) is 37.2 Å². The Kier molecular flexibility index (Phi) is 6.33. The van der Waals surface area contributed by atoms with Gasteiger partial charge in [-0.3, -0.25) is 14.4 Å². The molecule has 7 nitrogen and oxygen atoms in total. The first-order valence-corrected chi connectivity index (χ1v) is 12.7. The van der Waals surface area contributed by atoms with E-state index in [0.29, 0.717) is 6.42 Å². The van der Waals surface area contributed by atoms with Crippen LogP contribution in [0.5, 0.6) is 0 Å². The van der Waals surface area contributed by atoms with Crippen LogP contribution in [0.2, 0.25) is 0 Å². The summed E-state index contributed by atoms with van der Waals surface area (Å²) in [5.41, 5.74) is -6.66. The topological polar surface area (TPSA) is 107 Å². The van der Waals surface area contributed by atoms with Gasteiger partial charge in [-0.25, -0.2) is 9.18 Å². The van der Waals surface area contributed by atoms with E-state index in [2.05, 4.69) is 0 Å². The highest BCUT2D eigenvalue weighted by Crippen LogP contribution is 2.71. The van der Waals surface area contributed by atoms with Crippen LogP contribution in [-0.4, -0.2) is 58.5 Å². The molecule has 0 radical (unpaired) electrons. The lowest BCUT2D eigenvalue weighted by atomic mass is 9.44. The number of fused-ring (bicyclic) bond motifs is 5. The number of rotatable bonds is 5. The van der Waals surface area contributed by atoms with E-state index in [1.807, 2.05) is 6.92 Å². The van der Waals surface area contributed by atoms with Crippen LogP contribution in [0.4, 0.5) is 9.18 Å². The van der Waals surface area contributed by atoms with Crippen molar-refractivity contribution in [1.82, 2.24) is 0 Å². The Bertz CT molecular complexity index is 1040. The normalized spacial score (nSPS) is 44.1. The second-order valence-corrected chi connectivity index (χ2v) is 11.1. The van der Waals surface area contributed by atoms with Crippen LogP contribution in [0.15, 0.2) is 23.8 Å². The van der Waals surface area contributed by atoms with Gasteiger partial charge >= 0.3 is 6.16 Å². The molecule has 0 heterocycles. The molecule has 9 heteroatoms. The average molecular weight is 511 g/mol. The van der Waals surface area contributed by atoms with Gasteiger partial charge in [-0.1, -0.05) is 26.8 Å². The molecule has 0 amide bonds. The molecule has 4 aliphatic carbocycles. The van der Waals surface area contributed by atoms with Gasteiger partial charge in [0.25, 0.3) is 0 Å². The molecular weight excluding hydrogens is 479 g/mol. The van der Waals surface area contributed by atoms with Crippen LogP contribution in [0.1, 0.15) is 53.4 Å². The Morgan fingerprint density at radius 1 is 1.26 bits per heavy atom. The third-order valence-electron chi connectivity index (χ3n) is 9.23. The molecule has 4 aliphatic rings. The zero-order valence-corrected chi connectivity index (χ0v) is 21.2. The van der Waals surface area contributed by atoms with Crippen LogP contribution in [0.3, 0.4) is 0 Å². The standard InChI is InChI=1S/C26H32ClFO7/c1-5-8-34-22(33)35-26(21(32)13-27)14(2)9-16-17-11-19(30)18-10-15(29)6-7-23(18,3)25(17,28)20(31)12-24(16,26)4/h6-7,10,14,16-17,20,31H,5,8-9,11-13H2,1-4H3/t14-,16+,17+,20+,23+,24+,25+,26+/m1/s1. The molecular formula is C26H32ClFO7. The van der Waals surface area contributed by atoms with E-state index >= 15 is 4.39 Å². The number of ketones is 3. The highest BCUT2D eigenvalue weighted by Gasteiger charge is 2.78. The maximum Gasteiger partial charge on any atom is 0.509 e. The number of aliphatic hydroxyl groups is 1. The lowest BCUT2D eigenvalue weighted by molar-refractivity contribution is -0.219. The summed E-state index contributed by atoms with van der Waals surface area (Å²) in [6, 6.07) is 0. The monoisotopic (exact) mass is 510 g/mol. The van der Waals surface area contributed by atoms with E-state index in [4.69, 9.17) is 21.1 Å². The molecule has 0 aliphatic heterocycles. The van der Waals surface area contributed by atoms with Crippen molar-refractivity contribution in [2.75, 3.05) is 12.5 Å². The molecule has 0 bridgehead atoms. The molecule has 0 aromatic carbocycles. The number of alkyl halides is 2. The van der Waals surface area contributed by atoms with Crippen molar-refractivity contribution in [3.05, 3.63) is 23.8 Å². The second-order valence-electron chi connectivity index (χ2n) is 10.9. The fourth-order valence-corrected chi connectivity index (χ4v) is 7.87. The predicted octanol–water partition coefficient (Wildman–Crippen LogP) is 3.89. The number of Topliss-reactive ketones (excluding diaryl/α,β-unsaturated/α-hetero) is 2. The van der Waals surface area contributed by atoms with Crippen molar-refractivity contribution in [2.24, 2.45) is 28.6 Å². The quantitative estimate of drug-likeness (QED) is 0.441. The lowest BCUT2D eigenvalue weighted by Gasteiger charge is -2.62. The lowest BCUT2D eigenvalue weighted by Crippen LogP contribution is -2.71. The van der Waals surface area contributed by atoms with Crippen molar-refractivity contribution in [3.63, 3.8) is 0 Å². The van der Waals surface area contributed by atoms with Gasteiger partial charge in [0.15, 0.2) is 28.6 Å². The largest absolute Gasteiger partial charge is 0.509 e. The van der Waals surface area contributed by atoms with Crippen molar-refractivity contribution in [1.29, 1.82) is 0 Å². The summed E-state index contributed by atoms with van der Waals surface area (Å²) in [6.07, 6.45) is 1.57. The third kappa shape index (κ3) is 3.24. The average Bonchev–Trinajstić information content (AvgIpc) is 3.02.